The van der Waals surface area contributed by atoms with E-state index in [4.69, 9.17) is 5.73 Å². The highest BCUT2D eigenvalue weighted by molar-refractivity contribution is 4.94. The highest BCUT2D eigenvalue weighted by Gasteiger charge is 2.05. The first-order valence-corrected chi connectivity index (χ1v) is 4.15. The van der Waals surface area contributed by atoms with Crippen molar-refractivity contribution >= 4 is 0 Å². The predicted octanol–water partition coefficient (Wildman–Crippen LogP) is 2.27. The maximum atomic E-state index is 12.6. The molecule has 11 heavy (non-hydrogen) atoms. The van der Waals surface area contributed by atoms with E-state index in [1.165, 1.54) is 0 Å². The van der Waals surface area contributed by atoms with Crippen molar-refractivity contribution in [1.29, 1.82) is 0 Å². The van der Waals surface area contributed by atoms with Crippen molar-refractivity contribution in [3.63, 3.8) is 0 Å². The van der Waals surface area contributed by atoms with Crippen LogP contribution in [0.4, 0.5) is 4.39 Å². The first kappa shape index (κ1) is 10.6. The zero-order valence-electron chi connectivity index (χ0n) is 7.55. The van der Waals surface area contributed by atoms with Crippen molar-refractivity contribution in [2.75, 3.05) is 0 Å². The van der Waals surface area contributed by atoms with E-state index in [2.05, 4.69) is 0 Å². The molecule has 2 N–H and O–H groups in total. The van der Waals surface area contributed by atoms with Crippen LogP contribution in [0.3, 0.4) is 0 Å². The van der Waals surface area contributed by atoms with Crippen molar-refractivity contribution in [3.8, 4) is 0 Å². The van der Waals surface area contributed by atoms with Crippen LogP contribution < -0.4 is 5.73 Å². The van der Waals surface area contributed by atoms with Gasteiger partial charge in [0.15, 0.2) is 0 Å². The van der Waals surface area contributed by atoms with Crippen LogP contribution in [0.2, 0.25) is 0 Å². The number of alkyl halides is 1. The number of allylic oxidation sites excluding steroid dienone is 1. The fourth-order valence-corrected chi connectivity index (χ4v) is 0.607. The predicted molar refractivity (Wildman–Crippen MR) is 47.1 cm³/mol. The maximum absolute atomic E-state index is 12.6. The first-order valence-electron chi connectivity index (χ1n) is 4.15. The number of hydrogen-bond donors (Lipinski definition) is 1. The van der Waals surface area contributed by atoms with Gasteiger partial charge >= 0.3 is 0 Å². The Kier molecular flexibility index (Phi) is 5.12. The second-order valence-electron chi connectivity index (χ2n) is 2.99. The fourth-order valence-electron chi connectivity index (χ4n) is 0.607. The Labute approximate surface area is 68.5 Å². The summed E-state index contributed by atoms with van der Waals surface area (Å²) in [7, 11) is 0. The van der Waals surface area contributed by atoms with Crippen LogP contribution in [0, 0.1) is 5.92 Å². The van der Waals surface area contributed by atoms with Gasteiger partial charge in [-0.05, 0) is 13.3 Å². The molecular formula is C9H18FN. The minimum Gasteiger partial charge on any atom is -0.324 e. The Balaban J connectivity index is 3.72. The van der Waals surface area contributed by atoms with Crippen LogP contribution in [-0.2, 0) is 0 Å². The van der Waals surface area contributed by atoms with Crippen LogP contribution >= 0.6 is 0 Å². The van der Waals surface area contributed by atoms with E-state index in [0.717, 1.165) is 6.42 Å². The van der Waals surface area contributed by atoms with Gasteiger partial charge in [-0.25, -0.2) is 4.39 Å². The van der Waals surface area contributed by atoms with E-state index in [9.17, 15) is 4.39 Å². The third-order valence-electron chi connectivity index (χ3n) is 1.86. The van der Waals surface area contributed by atoms with Crippen LogP contribution in [-0.4, -0.2) is 12.2 Å². The molecule has 1 nitrogen and oxygen atoms in total. The molecule has 0 rings (SSSR count). The molecule has 0 amide bonds. The van der Waals surface area contributed by atoms with Crippen LogP contribution in [0.5, 0.6) is 0 Å². The summed E-state index contributed by atoms with van der Waals surface area (Å²) in [6, 6.07) is 0.0798. The molecule has 0 aromatic rings. The Morgan fingerprint density at radius 2 is 1.91 bits per heavy atom. The molecule has 0 aliphatic heterocycles. The van der Waals surface area contributed by atoms with Gasteiger partial charge in [0.25, 0.3) is 0 Å². The Morgan fingerprint density at radius 1 is 1.36 bits per heavy atom. The zero-order chi connectivity index (χ0) is 8.85. The van der Waals surface area contributed by atoms with E-state index < -0.39 is 6.17 Å². The van der Waals surface area contributed by atoms with Gasteiger partial charge in [-0.3, -0.25) is 0 Å². The average Bonchev–Trinajstić information content (AvgIpc) is 1.99. The van der Waals surface area contributed by atoms with E-state index in [0.29, 0.717) is 0 Å². The summed E-state index contributed by atoms with van der Waals surface area (Å²) in [5.74, 6) is -0.0207. The monoisotopic (exact) mass is 159 g/mol. The van der Waals surface area contributed by atoms with Gasteiger partial charge in [-0.2, -0.15) is 0 Å². The Hall–Kier alpha value is -0.370. The second-order valence-corrected chi connectivity index (χ2v) is 2.99. The fraction of sp³-hybridized carbons (Fsp3) is 0.778. The van der Waals surface area contributed by atoms with Crippen LogP contribution in [0.15, 0.2) is 12.2 Å². The van der Waals surface area contributed by atoms with Crippen molar-refractivity contribution in [3.05, 3.63) is 12.2 Å². The number of nitrogens with two attached hydrogens (primary N) is 1. The lowest BCUT2D eigenvalue weighted by molar-refractivity contribution is 0.300. The highest BCUT2D eigenvalue weighted by atomic mass is 19.1. The third kappa shape index (κ3) is 4.96. The molecular weight excluding hydrogens is 141 g/mol. The molecule has 0 aromatic heterocycles. The molecule has 0 fully saturated rings. The van der Waals surface area contributed by atoms with Gasteiger partial charge in [0.1, 0.15) is 6.17 Å². The molecule has 0 aliphatic carbocycles. The van der Waals surface area contributed by atoms with E-state index in [1.54, 1.807) is 6.92 Å². The molecule has 0 saturated carbocycles. The number of hydrogen-bond acceptors (Lipinski definition) is 1. The van der Waals surface area contributed by atoms with Gasteiger partial charge in [0.2, 0.25) is 0 Å². The van der Waals surface area contributed by atoms with Crippen molar-refractivity contribution in [1.82, 2.24) is 0 Å². The molecule has 0 aromatic carbocycles. The third-order valence-corrected chi connectivity index (χ3v) is 1.86. The zero-order valence-corrected chi connectivity index (χ0v) is 7.55. The van der Waals surface area contributed by atoms with Crippen LogP contribution in [0.1, 0.15) is 27.2 Å². The van der Waals surface area contributed by atoms with Gasteiger partial charge in [0, 0.05) is 12.0 Å². The molecule has 0 spiro atoms. The lowest BCUT2D eigenvalue weighted by atomic mass is 10.1. The largest absolute Gasteiger partial charge is 0.324 e. The summed E-state index contributed by atoms with van der Waals surface area (Å²) in [6.45, 7) is 5.43. The molecule has 0 aliphatic rings. The van der Waals surface area contributed by atoms with E-state index in [-0.39, 0.29) is 12.0 Å². The molecule has 66 valence electrons. The topological polar surface area (TPSA) is 26.0 Å². The van der Waals surface area contributed by atoms with Crippen molar-refractivity contribution in [2.45, 2.75) is 39.4 Å². The van der Waals surface area contributed by atoms with E-state index >= 15 is 0 Å². The summed E-state index contributed by atoms with van der Waals surface area (Å²) in [4.78, 5) is 0. The lowest BCUT2D eigenvalue weighted by Gasteiger charge is -2.07. The molecule has 3 atom stereocenters. The van der Waals surface area contributed by atoms with Gasteiger partial charge in [0.05, 0.1) is 0 Å². The summed E-state index contributed by atoms with van der Waals surface area (Å²) in [5.41, 5.74) is 5.61. The smallest absolute Gasteiger partial charge is 0.103 e. The Bertz CT molecular complexity index is 121. The molecule has 0 saturated heterocycles. The SMILES string of the molecule is CC[C@H](N)/C=C\[C@H](C)[C@H](C)F. The molecule has 0 radical (unpaired) electrons. The Morgan fingerprint density at radius 3 is 2.27 bits per heavy atom. The molecule has 0 heterocycles. The summed E-state index contributed by atoms with van der Waals surface area (Å²) in [5, 5.41) is 0. The van der Waals surface area contributed by atoms with Crippen molar-refractivity contribution in [2.24, 2.45) is 11.7 Å². The average molecular weight is 159 g/mol. The second kappa shape index (κ2) is 5.30. The normalized spacial score (nSPS) is 20.1. The summed E-state index contributed by atoms with van der Waals surface area (Å²) < 4.78 is 12.6. The minimum atomic E-state index is -0.782. The van der Waals surface area contributed by atoms with E-state index in [1.807, 2.05) is 26.0 Å². The first-order chi connectivity index (χ1) is 5.07. The molecule has 0 unspecified atom stereocenters. The van der Waals surface area contributed by atoms with Crippen molar-refractivity contribution < 1.29 is 4.39 Å². The summed E-state index contributed by atoms with van der Waals surface area (Å²) >= 11 is 0. The standard InChI is InChI=1S/C9H18FN/c1-4-9(11)6-5-7(2)8(3)10/h5-9H,4,11H2,1-3H3/b6-5-/t7-,8-,9-/m0/s1. The summed E-state index contributed by atoms with van der Waals surface area (Å²) in [6.07, 6.45) is 3.85. The number of rotatable bonds is 4. The minimum absolute atomic E-state index is 0.0207. The van der Waals surface area contributed by atoms with Gasteiger partial charge in [-0.1, -0.05) is 26.0 Å². The lowest BCUT2D eigenvalue weighted by Crippen LogP contribution is -2.16. The quantitative estimate of drug-likeness (QED) is 0.626. The molecule has 2 heteroatoms. The van der Waals surface area contributed by atoms with Gasteiger partial charge < -0.3 is 5.73 Å². The molecule has 0 bridgehead atoms. The van der Waals surface area contributed by atoms with Gasteiger partial charge in [-0.15, -0.1) is 0 Å². The number of halogens is 1. The van der Waals surface area contributed by atoms with Crippen LogP contribution in [0.25, 0.3) is 0 Å². The maximum Gasteiger partial charge on any atom is 0.103 e. The highest BCUT2D eigenvalue weighted by Crippen LogP contribution is 2.08.